The molecule has 3 rings (SSSR count). The van der Waals surface area contributed by atoms with Crippen molar-refractivity contribution in [2.24, 2.45) is 17.3 Å². The van der Waals surface area contributed by atoms with Crippen LogP contribution >= 0.6 is 0 Å². The van der Waals surface area contributed by atoms with Crippen molar-refractivity contribution in [3.05, 3.63) is 23.3 Å². The number of carbonyl (C=O) groups is 3. The van der Waals surface area contributed by atoms with E-state index in [1.54, 1.807) is 26.8 Å². The van der Waals surface area contributed by atoms with E-state index in [2.05, 4.69) is 13.0 Å². The van der Waals surface area contributed by atoms with Gasteiger partial charge in [-0.3, -0.25) is 4.79 Å². The van der Waals surface area contributed by atoms with E-state index in [4.69, 9.17) is 14.2 Å². The Hall–Kier alpha value is -2.11. The molecule has 6 heteroatoms. The van der Waals surface area contributed by atoms with Crippen LogP contribution in [0.2, 0.25) is 0 Å². The number of esters is 3. The van der Waals surface area contributed by atoms with Gasteiger partial charge in [0.2, 0.25) is 5.60 Å². The molecule has 0 N–H and O–H groups in total. The average molecular weight is 390 g/mol. The van der Waals surface area contributed by atoms with Crippen LogP contribution in [0.3, 0.4) is 0 Å². The summed E-state index contributed by atoms with van der Waals surface area (Å²) in [5, 5.41) is 0. The van der Waals surface area contributed by atoms with Gasteiger partial charge in [-0.05, 0) is 40.5 Å². The third-order valence-corrected chi connectivity index (χ3v) is 7.03. The zero-order valence-electron chi connectivity index (χ0n) is 17.5. The predicted molar refractivity (Wildman–Crippen MR) is 102 cm³/mol. The zero-order valence-corrected chi connectivity index (χ0v) is 17.5. The van der Waals surface area contributed by atoms with Gasteiger partial charge in [0.05, 0.1) is 0 Å². The minimum atomic E-state index is -1.30. The van der Waals surface area contributed by atoms with Crippen molar-refractivity contribution >= 4 is 17.9 Å². The molecule has 0 spiro atoms. The van der Waals surface area contributed by atoms with Crippen LogP contribution in [-0.2, 0) is 28.6 Å². The SMILES string of the molecule is C/C=C(/C)C(=O)O[C@]1(C)C(=O)O[C@@H]2[C@H]3C(C)=CC[C@@H](OC(C)=O)[C@]3(C)CC[C@H]21. The summed E-state index contributed by atoms with van der Waals surface area (Å²) in [5.74, 6) is -1.59. The molecule has 1 saturated carbocycles. The van der Waals surface area contributed by atoms with Crippen LogP contribution in [0.15, 0.2) is 23.3 Å². The van der Waals surface area contributed by atoms with Gasteiger partial charge in [0.1, 0.15) is 12.2 Å². The Morgan fingerprint density at radius 1 is 1.29 bits per heavy atom. The smallest absolute Gasteiger partial charge is 0.351 e. The lowest BCUT2D eigenvalue weighted by Crippen LogP contribution is -2.56. The second kappa shape index (κ2) is 7.05. The highest BCUT2D eigenvalue weighted by atomic mass is 16.6. The van der Waals surface area contributed by atoms with Crippen LogP contribution in [0.5, 0.6) is 0 Å². The van der Waals surface area contributed by atoms with E-state index in [1.165, 1.54) is 6.92 Å². The Bertz CT molecular complexity index is 765. The number of rotatable bonds is 3. The maximum Gasteiger partial charge on any atom is 0.351 e. The Kier molecular flexibility index (Phi) is 5.19. The van der Waals surface area contributed by atoms with E-state index in [1.807, 2.05) is 6.92 Å². The van der Waals surface area contributed by atoms with Crippen LogP contribution < -0.4 is 0 Å². The van der Waals surface area contributed by atoms with Gasteiger partial charge in [-0.1, -0.05) is 24.6 Å². The maximum absolute atomic E-state index is 12.8. The normalized spacial score (nSPS) is 40.0. The van der Waals surface area contributed by atoms with Crippen LogP contribution in [0.1, 0.15) is 60.8 Å². The first kappa shape index (κ1) is 20.6. The third-order valence-electron chi connectivity index (χ3n) is 7.03. The molecule has 1 aliphatic heterocycles. The topological polar surface area (TPSA) is 78.9 Å². The van der Waals surface area contributed by atoms with Crippen molar-refractivity contribution < 1.29 is 28.6 Å². The van der Waals surface area contributed by atoms with Gasteiger partial charge >= 0.3 is 17.9 Å². The molecule has 0 aromatic heterocycles. The van der Waals surface area contributed by atoms with E-state index in [0.29, 0.717) is 18.4 Å². The van der Waals surface area contributed by atoms with Crippen molar-refractivity contribution in [1.82, 2.24) is 0 Å². The summed E-state index contributed by atoms with van der Waals surface area (Å²) in [7, 11) is 0. The Morgan fingerprint density at radius 2 is 1.96 bits per heavy atom. The Balaban J connectivity index is 1.93. The van der Waals surface area contributed by atoms with Crippen molar-refractivity contribution in [2.75, 3.05) is 0 Å². The monoisotopic (exact) mass is 390 g/mol. The molecule has 0 unspecified atom stereocenters. The molecule has 6 atom stereocenters. The highest BCUT2D eigenvalue weighted by Crippen LogP contribution is 2.58. The quantitative estimate of drug-likeness (QED) is 0.318. The zero-order chi connectivity index (χ0) is 20.9. The largest absolute Gasteiger partial charge is 0.462 e. The van der Waals surface area contributed by atoms with E-state index < -0.39 is 23.6 Å². The summed E-state index contributed by atoms with van der Waals surface area (Å²) in [5.41, 5.74) is -0.0296. The number of fused-ring (bicyclic) bond motifs is 3. The summed E-state index contributed by atoms with van der Waals surface area (Å²) in [4.78, 5) is 36.8. The van der Waals surface area contributed by atoms with Crippen molar-refractivity contribution in [3.8, 4) is 0 Å². The van der Waals surface area contributed by atoms with E-state index in [9.17, 15) is 14.4 Å². The number of allylic oxidation sites excluding steroid dienone is 1. The molecule has 0 aromatic rings. The van der Waals surface area contributed by atoms with Gasteiger partial charge in [-0.25, -0.2) is 9.59 Å². The fraction of sp³-hybridized carbons (Fsp3) is 0.682. The molecular weight excluding hydrogens is 360 g/mol. The van der Waals surface area contributed by atoms with Gasteiger partial charge < -0.3 is 14.2 Å². The highest BCUT2D eigenvalue weighted by molar-refractivity contribution is 5.92. The van der Waals surface area contributed by atoms with E-state index >= 15 is 0 Å². The second-order valence-corrected chi connectivity index (χ2v) is 8.75. The van der Waals surface area contributed by atoms with Crippen LogP contribution in [0.25, 0.3) is 0 Å². The molecule has 2 aliphatic carbocycles. The molecule has 154 valence electrons. The van der Waals surface area contributed by atoms with Gasteiger partial charge in [0, 0.05) is 36.2 Å². The van der Waals surface area contributed by atoms with Gasteiger partial charge in [-0.2, -0.15) is 0 Å². The Labute approximate surface area is 166 Å². The van der Waals surface area contributed by atoms with Crippen LogP contribution in [-0.4, -0.2) is 35.7 Å². The molecule has 0 bridgehead atoms. The third kappa shape index (κ3) is 3.07. The van der Waals surface area contributed by atoms with E-state index in [-0.39, 0.29) is 29.3 Å². The van der Waals surface area contributed by atoms with Crippen molar-refractivity contribution in [3.63, 3.8) is 0 Å². The molecule has 2 fully saturated rings. The number of hydrogen-bond donors (Lipinski definition) is 0. The lowest BCUT2D eigenvalue weighted by Gasteiger charge is -2.52. The molecule has 28 heavy (non-hydrogen) atoms. The predicted octanol–water partition coefficient (Wildman–Crippen LogP) is 3.49. The minimum absolute atomic E-state index is 0.0726. The van der Waals surface area contributed by atoms with Gasteiger partial charge in [0.25, 0.3) is 0 Å². The second-order valence-electron chi connectivity index (χ2n) is 8.75. The molecule has 1 saturated heterocycles. The lowest BCUT2D eigenvalue weighted by molar-refractivity contribution is -0.170. The van der Waals surface area contributed by atoms with Crippen molar-refractivity contribution in [2.45, 2.75) is 78.6 Å². The number of ether oxygens (including phenoxy) is 3. The molecule has 0 radical (unpaired) electrons. The van der Waals surface area contributed by atoms with Crippen LogP contribution in [0, 0.1) is 17.3 Å². The standard InChI is InChI=1S/C22H30O6/c1-7-12(2)19(24)28-22(6)15-10-11-21(5)16(26-14(4)23)9-8-13(3)17(21)18(15)27-20(22)25/h7-8,15-18H,9-11H2,1-6H3/b12-7-/t15-,16-,17-,18+,21+,22+/m1/s1. The summed E-state index contributed by atoms with van der Waals surface area (Å²) >= 11 is 0. The molecule has 0 aromatic carbocycles. The minimum Gasteiger partial charge on any atom is -0.462 e. The first-order chi connectivity index (χ1) is 13.0. The fourth-order valence-electron chi connectivity index (χ4n) is 5.25. The summed E-state index contributed by atoms with van der Waals surface area (Å²) in [6.07, 6.45) is 5.17. The average Bonchev–Trinajstić information content (AvgIpc) is 2.86. The molecule has 6 nitrogen and oxygen atoms in total. The van der Waals surface area contributed by atoms with Gasteiger partial charge in [0.15, 0.2) is 0 Å². The Morgan fingerprint density at radius 3 is 2.57 bits per heavy atom. The van der Waals surface area contributed by atoms with Gasteiger partial charge in [-0.15, -0.1) is 0 Å². The number of carbonyl (C=O) groups excluding carboxylic acids is 3. The fourth-order valence-corrected chi connectivity index (χ4v) is 5.25. The molecule has 0 amide bonds. The summed E-state index contributed by atoms with van der Waals surface area (Å²) < 4.78 is 17.2. The maximum atomic E-state index is 12.8. The summed E-state index contributed by atoms with van der Waals surface area (Å²) in [6, 6.07) is 0. The molecular formula is C22H30O6. The number of hydrogen-bond acceptors (Lipinski definition) is 6. The lowest BCUT2D eigenvalue weighted by atomic mass is 9.54. The molecule has 1 heterocycles. The highest BCUT2D eigenvalue weighted by Gasteiger charge is 2.65. The van der Waals surface area contributed by atoms with Crippen molar-refractivity contribution in [1.29, 1.82) is 0 Å². The van der Waals surface area contributed by atoms with E-state index in [0.717, 1.165) is 12.0 Å². The summed E-state index contributed by atoms with van der Waals surface area (Å²) in [6.45, 7) is 10.7. The first-order valence-corrected chi connectivity index (χ1v) is 9.95. The first-order valence-electron chi connectivity index (χ1n) is 9.95. The van der Waals surface area contributed by atoms with Crippen LogP contribution in [0.4, 0.5) is 0 Å². The molecule has 3 aliphatic rings.